The van der Waals surface area contributed by atoms with Gasteiger partial charge in [0.2, 0.25) is 5.95 Å². The molecule has 0 bridgehead atoms. The van der Waals surface area contributed by atoms with Crippen LogP contribution < -0.4 is 5.73 Å². The number of anilines is 1. The number of aromatic nitrogens is 2. The highest BCUT2D eigenvalue weighted by Crippen LogP contribution is 2.31. The summed E-state index contributed by atoms with van der Waals surface area (Å²) in [6.07, 6.45) is 6.80. The van der Waals surface area contributed by atoms with Crippen molar-refractivity contribution in [2.75, 3.05) is 5.73 Å². The Balaban J connectivity index is 1.73. The molecule has 1 saturated carbocycles. The largest absolute Gasteiger partial charge is 0.369 e. The Bertz CT molecular complexity index is 558. The third kappa shape index (κ3) is 2.60. The summed E-state index contributed by atoms with van der Waals surface area (Å²) in [5.41, 5.74) is 8.23. The van der Waals surface area contributed by atoms with Crippen LogP contribution in [-0.4, -0.2) is 9.55 Å². The van der Waals surface area contributed by atoms with Gasteiger partial charge in [0.25, 0.3) is 0 Å². The summed E-state index contributed by atoms with van der Waals surface area (Å²) >= 11 is 0. The summed E-state index contributed by atoms with van der Waals surface area (Å²) in [6.45, 7) is 3.39. The average molecular weight is 257 g/mol. The molecule has 1 aromatic heterocycles. The van der Waals surface area contributed by atoms with Gasteiger partial charge in [-0.05, 0) is 36.8 Å². The fraction of sp³-hybridized carbons (Fsp3) is 0.562. The molecule has 3 heteroatoms. The van der Waals surface area contributed by atoms with Crippen molar-refractivity contribution in [1.82, 2.24) is 9.55 Å². The summed E-state index contributed by atoms with van der Waals surface area (Å²) < 4.78 is 2.18. The number of nitrogens with zero attached hydrogens (tertiary/aromatic N) is 2. The van der Waals surface area contributed by atoms with Crippen LogP contribution >= 0.6 is 0 Å². The first kappa shape index (κ1) is 12.5. The maximum atomic E-state index is 6.05. The number of imidazole rings is 1. The SMILES string of the molecule is CC1CCCC(CCn2c(N)nc3ccccc32)C1. The van der Waals surface area contributed by atoms with Crippen molar-refractivity contribution >= 4 is 17.0 Å². The van der Waals surface area contributed by atoms with Crippen LogP contribution in [-0.2, 0) is 6.54 Å². The zero-order chi connectivity index (χ0) is 13.2. The van der Waals surface area contributed by atoms with Gasteiger partial charge in [-0.3, -0.25) is 0 Å². The molecule has 0 saturated heterocycles. The molecule has 0 radical (unpaired) electrons. The highest BCUT2D eigenvalue weighted by molar-refractivity contribution is 5.78. The minimum atomic E-state index is 0.657. The van der Waals surface area contributed by atoms with Gasteiger partial charge in [-0.15, -0.1) is 0 Å². The first-order valence-corrected chi connectivity index (χ1v) is 7.45. The van der Waals surface area contributed by atoms with E-state index in [9.17, 15) is 0 Å². The Kier molecular flexibility index (Phi) is 3.45. The molecule has 2 unspecified atom stereocenters. The van der Waals surface area contributed by atoms with Crippen molar-refractivity contribution in [1.29, 1.82) is 0 Å². The van der Waals surface area contributed by atoms with Gasteiger partial charge >= 0.3 is 0 Å². The zero-order valence-corrected chi connectivity index (χ0v) is 11.7. The highest BCUT2D eigenvalue weighted by atomic mass is 15.1. The summed E-state index contributed by atoms with van der Waals surface area (Å²) in [7, 11) is 0. The predicted molar refractivity (Wildman–Crippen MR) is 79.9 cm³/mol. The van der Waals surface area contributed by atoms with Crippen molar-refractivity contribution in [2.24, 2.45) is 11.8 Å². The van der Waals surface area contributed by atoms with Crippen LogP contribution in [0.1, 0.15) is 39.0 Å². The van der Waals surface area contributed by atoms with E-state index in [4.69, 9.17) is 5.73 Å². The van der Waals surface area contributed by atoms with E-state index in [-0.39, 0.29) is 0 Å². The number of rotatable bonds is 3. The molecule has 1 aromatic carbocycles. The first-order chi connectivity index (χ1) is 9.24. The van der Waals surface area contributed by atoms with Gasteiger partial charge in [0.1, 0.15) is 0 Å². The quantitative estimate of drug-likeness (QED) is 0.908. The lowest BCUT2D eigenvalue weighted by molar-refractivity contribution is 0.262. The topological polar surface area (TPSA) is 43.8 Å². The molecule has 2 aromatic rings. The molecular weight excluding hydrogens is 234 g/mol. The molecule has 0 aliphatic heterocycles. The number of fused-ring (bicyclic) bond motifs is 1. The number of aryl methyl sites for hydroxylation is 1. The Morgan fingerprint density at radius 3 is 3.00 bits per heavy atom. The molecule has 3 rings (SSSR count). The maximum absolute atomic E-state index is 6.05. The number of hydrogen-bond acceptors (Lipinski definition) is 2. The number of nitrogen functional groups attached to an aromatic ring is 1. The van der Waals surface area contributed by atoms with E-state index < -0.39 is 0 Å². The first-order valence-electron chi connectivity index (χ1n) is 7.45. The van der Waals surface area contributed by atoms with Crippen LogP contribution in [0.5, 0.6) is 0 Å². The van der Waals surface area contributed by atoms with Crippen molar-refractivity contribution in [3.63, 3.8) is 0 Å². The lowest BCUT2D eigenvalue weighted by atomic mass is 9.81. The third-order valence-electron chi connectivity index (χ3n) is 4.49. The summed E-state index contributed by atoms with van der Waals surface area (Å²) in [6, 6.07) is 8.22. The van der Waals surface area contributed by atoms with Gasteiger partial charge in [0.05, 0.1) is 11.0 Å². The molecule has 102 valence electrons. The fourth-order valence-electron chi connectivity index (χ4n) is 3.46. The maximum Gasteiger partial charge on any atom is 0.201 e. The van der Waals surface area contributed by atoms with Crippen LogP contribution in [0.2, 0.25) is 0 Å². The number of nitrogens with two attached hydrogens (primary N) is 1. The van der Waals surface area contributed by atoms with Crippen LogP contribution in [0.15, 0.2) is 24.3 Å². The Morgan fingerprint density at radius 2 is 2.16 bits per heavy atom. The molecule has 0 amide bonds. The van der Waals surface area contributed by atoms with Gasteiger partial charge in [0, 0.05) is 6.54 Å². The summed E-state index contributed by atoms with van der Waals surface area (Å²) in [5, 5.41) is 0. The molecule has 1 fully saturated rings. The van der Waals surface area contributed by atoms with Crippen LogP contribution in [0.3, 0.4) is 0 Å². The number of hydrogen-bond donors (Lipinski definition) is 1. The molecule has 2 N–H and O–H groups in total. The summed E-state index contributed by atoms with van der Waals surface area (Å²) in [4.78, 5) is 4.43. The molecule has 1 aliphatic carbocycles. The molecular formula is C16H23N3. The Hall–Kier alpha value is -1.51. The van der Waals surface area contributed by atoms with Crippen LogP contribution in [0.4, 0.5) is 5.95 Å². The Morgan fingerprint density at radius 1 is 1.32 bits per heavy atom. The zero-order valence-electron chi connectivity index (χ0n) is 11.7. The van der Waals surface area contributed by atoms with Crippen molar-refractivity contribution < 1.29 is 0 Å². The van der Waals surface area contributed by atoms with Crippen LogP contribution in [0.25, 0.3) is 11.0 Å². The van der Waals surface area contributed by atoms with Crippen LogP contribution in [0, 0.1) is 11.8 Å². The van der Waals surface area contributed by atoms with Gasteiger partial charge in [-0.2, -0.15) is 0 Å². The van der Waals surface area contributed by atoms with Gasteiger partial charge < -0.3 is 10.3 Å². The second-order valence-electron chi connectivity index (χ2n) is 6.04. The molecule has 1 aliphatic rings. The molecule has 2 atom stereocenters. The van der Waals surface area contributed by atoms with Gasteiger partial charge in [0.15, 0.2) is 0 Å². The third-order valence-corrected chi connectivity index (χ3v) is 4.49. The monoisotopic (exact) mass is 257 g/mol. The molecule has 3 nitrogen and oxygen atoms in total. The van der Waals surface area contributed by atoms with Crippen molar-refractivity contribution in [2.45, 2.75) is 45.6 Å². The average Bonchev–Trinajstić information content (AvgIpc) is 2.72. The number of para-hydroxylation sites is 2. The minimum Gasteiger partial charge on any atom is -0.369 e. The summed E-state index contributed by atoms with van der Waals surface area (Å²) in [5.74, 6) is 2.42. The van der Waals surface area contributed by atoms with E-state index in [1.807, 2.05) is 12.1 Å². The lowest BCUT2D eigenvalue weighted by Gasteiger charge is -2.26. The van der Waals surface area contributed by atoms with E-state index in [0.717, 1.165) is 23.9 Å². The van der Waals surface area contributed by atoms with Gasteiger partial charge in [-0.1, -0.05) is 38.3 Å². The van der Waals surface area contributed by atoms with E-state index in [1.165, 1.54) is 37.6 Å². The van der Waals surface area contributed by atoms with Crippen molar-refractivity contribution in [3.8, 4) is 0 Å². The molecule has 0 spiro atoms. The smallest absolute Gasteiger partial charge is 0.201 e. The lowest BCUT2D eigenvalue weighted by Crippen LogP contribution is -2.15. The predicted octanol–water partition coefficient (Wildman–Crippen LogP) is 3.83. The van der Waals surface area contributed by atoms with Crippen molar-refractivity contribution in [3.05, 3.63) is 24.3 Å². The fourth-order valence-corrected chi connectivity index (χ4v) is 3.46. The van der Waals surface area contributed by atoms with E-state index in [2.05, 4.69) is 28.6 Å². The Labute approximate surface area is 114 Å². The van der Waals surface area contributed by atoms with E-state index in [0.29, 0.717) is 5.95 Å². The number of benzene rings is 1. The van der Waals surface area contributed by atoms with Gasteiger partial charge in [-0.25, -0.2) is 4.98 Å². The standard InChI is InChI=1S/C16H23N3/c1-12-5-4-6-13(11-12)9-10-19-15-8-3-2-7-14(15)18-16(19)17/h2-3,7-8,12-13H,4-6,9-11H2,1H3,(H2,17,18). The highest BCUT2D eigenvalue weighted by Gasteiger charge is 2.19. The normalized spacial score (nSPS) is 23.8. The van der Waals surface area contributed by atoms with E-state index in [1.54, 1.807) is 0 Å². The molecule has 19 heavy (non-hydrogen) atoms. The molecule has 1 heterocycles. The second kappa shape index (κ2) is 5.24. The van der Waals surface area contributed by atoms with E-state index >= 15 is 0 Å². The minimum absolute atomic E-state index is 0.657. The second-order valence-corrected chi connectivity index (χ2v) is 6.04.